The molecule has 2 fully saturated rings. The molecule has 6 nitrogen and oxygen atoms in total. The van der Waals surface area contributed by atoms with E-state index in [1.54, 1.807) is 0 Å². The summed E-state index contributed by atoms with van der Waals surface area (Å²) in [6.07, 6.45) is 8.80. The number of aromatic nitrogens is 2. The lowest BCUT2D eigenvalue weighted by atomic mass is 10.1. The van der Waals surface area contributed by atoms with Crippen molar-refractivity contribution in [3.05, 3.63) is 42.0 Å². The van der Waals surface area contributed by atoms with Crippen LogP contribution in [0.15, 0.2) is 36.4 Å². The maximum absolute atomic E-state index is 5.60. The molecule has 0 saturated carbocycles. The lowest BCUT2D eigenvalue weighted by Gasteiger charge is -2.30. The first kappa shape index (κ1) is 21.8. The van der Waals surface area contributed by atoms with Crippen molar-refractivity contribution in [1.29, 1.82) is 0 Å². The summed E-state index contributed by atoms with van der Waals surface area (Å²) in [5.41, 5.74) is 1.19. The number of nitrogens with one attached hydrogen (secondary N) is 2. The van der Waals surface area contributed by atoms with E-state index in [1.807, 2.05) is 18.2 Å². The third-order valence-electron chi connectivity index (χ3n) is 6.18. The normalized spacial score (nSPS) is 18.2. The van der Waals surface area contributed by atoms with Crippen LogP contribution >= 0.6 is 12.2 Å². The number of hydrogen-bond donors (Lipinski definition) is 2. The first-order valence-electron chi connectivity index (χ1n) is 11.7. The van der Waals surface area contributed by atoms with Gasteiger partial charge in [-0.1, -0.05) is 43.2 Å². The molecule has 2 saturated heterocycles. The number of thiocarbonyl (C=S) groups is 1. The van der Waals surface area contributed by atoms with Gasteiger partial charge in [0.15, 0.2) is 5.11 Å². The number of benzene rings is 1. The summed E-state index contributed by atoms with van der Waals surface area (Å²) in [5, 5.41) is 7.18. The summed E-state index contributed by atoms with van der Waals surface area (Å²) in [5.74, 6) is 2.61. The minimum atomic E-state index is 0.108. The Kier molecular flexibility index (Phi) is 7.57. The van der Waals surface area contributed by atoms with Crippen LogP contribution in [0.2, 0.25) is 0 Å². The van der Waals surface area contributed by atoms with E-state index in [2.05, 4.69) is 45.6 Å². The second-order valence-electron chi connectivity index (χ2n) is 8.59. The van der Waals surface area contributed by atoms with Crippen molar-refractivity contribution >= 4 is 34.9 Å². The predicted molar refractivity (Wildman–Crippen MR) is 133 cm³/mol. The SMILES string of the molecule is C[C@H](NC(=S)Nc1nc(N2CCCCCC2)cc(N2CCCCC2)n1)c1ccccc1. The summed E-state index contributed by atoms with van der Waals surface area (Å²) in [6.45, 7) is 6.34. The first-order chi connectivity index (χ1) is 15.2. The van der Waals surface area contributed by atoms with Crippen molar-refractivity contribution < 1.29 is 0 Å². The van der Waals surface area contributed by atoms with Gasteiger partial charge in [-0.15, -0.1) is 0 Å². The number of piperidine rings is 1. The second kappa shape index (κ2) is 10.8. The minimum Gasteiger partial charge on any atom is -0.356 e. The highest BCUT2D eigenvalue weighted by Crippen LogP contribution is 2.26. The van der Waals surface area contributed by atoms with Crippen LogP contribution in [0.25, 0.3) is 0 Å². The molecule has 3 heterocycles. The molecule has 0 aliphatic carbocycles. The van der Waals surface area contributed by atoms with E-state index in [-0.39, 0.29) is 6.04 Å². The Balaban J connectivity index is 1.52. The Labute approximate surface area is 191 Å². The van der Waals surface area contributed by atoms with E-state index in [4.69, 9.17) is 22.2 Å². The smallest absolute Gasteiger partial charge is 0.232 e. The van der Waals surface area contributed by atoms with Crippen LogP contribution in [0, 0.1) is 0 Å². The van der Waals surface area contributed by atoms with Crippen molar-refractivity contribution in [2.45, 2.75) is 57.9 Å². The van der Waals surface area contributed by atoms with Gasteiger partial charge in [0, 0.05) is 32.2 Å². The van der Waals surface area contributed by atoms with Gasteiger partial charge in [-0.3, -0.25) is 0 Å². The molecule has 0 bridgehead atoms. The van der Waals surface area contributed by atoms with Crippen molar-refractivity contribution in [3.63, 3.8) is 0 Å². The zero-order chi connectivity index (χ0) is 21.5. The zero-order valence-electron chi connectivity index (χ0n) is 18.5. The van der Waals surface area contributed by atoms with Crippen molar-refractivity contribution in [2.75, 3.05) is 41.3 Å². The third kappa shape index (κ3) is 6.06. The standard InChI is InChI=1S/C24H34N6S/c1-19(20-12-6-4-7-13-20)25-24(31)28-23-26-21(29-14-8-2-3-9-15-29)18-22(27-23)30-16-10-5-11-17-30/h4,6-7,12-13,18-19H,2-3,5,8-11,14-17H2,1H3,(H2,25,26,27,28,31)/t19-/m0/s1. The Bertz CT molecular complexity index is 844. The molecule has 2 aromatic rings. The topological polar surface area (TPSA) is 56.3 Å². The summed E-state index contributed by atoms with van der Waals surface area (Å²) in [7, 11) is 0. The lowest BCUT2D eigenvalue weighted by Crippen LogP contribution is -2.34. The average Bonchev–Trinajstić information content (AvgIpc) is 3.10. The molecule has 31 heavy (non-hydrogen) atoms. The van der Waals surface area contributed by atoms with Gasteiger partial charge < -0.3 is 20.4 Å². The van der Waals surface area contributed by atoms with Gasteiger partial charge in [-0.05, 0) is 56.8 Å². The highest BCUT2D eigenvalue weighted by Gasteiger charge is 2.19. The second-order valence-corrected chi connectivity index (χ2v) is 9.00. The molecular formula is C24H34N6S. The quantitative estimate of drug-likeness (QED) is 0.644. The molecule has 166 valence electrons. The van der Waals surface area contributed by atoms with Gasteiger partial charge >= 0.3 is 0 Å². The number of anilines is 3. The van der Waals surface area contributed by atoms with E-state index in [0.717, 1.165) is 37.8 Å². The summed E-state index contributed by atoms with van der Waals surface area (Å²) < 4.78 is 0. The van der Waals surface area contributed by atoms with E-state index >= 15 is 0 Å². The Hall–Kier alpha value is -2.41. The van der Waals surface area contributed by atoms with Crippen LogP contribution in [-0.4, -0.2) is 41.3 Å². The molecule has 2 N–H and O–H groups in total. The molecule has 7 heteroatoms. The van der Waals surface area contributed by atoms with Gasteiger partial charge in [0.2, 0.25) is 5.95 Å². The maximum atomic E-state index is 5.60. The predicted octanol–water partition coefficient (Wildman–Crippen LogP) is 4.89. The molecule has 2 aliphatic heterocycles. The molecule has 1 aromatic heterocycles. The maximum Gasteiger partial charge on any atom is 0.232 e. The summed E-state index contributed by atoms with van der Waals surface area (Å²) in [6, 6.07) is 12.6. The fourth-order valence-corrected chi connectivity index (χ4v) is 4.65. The van der Waals surface area contributed by atoms with E-state index < -0.39 is 0 Å². The van der Waals surface area contributed by atoms with Gasteiger partial charge in [0.1, 0.15) is 11.6 Å². The largest absolute Gasteiger partial charge is 0.356 e. The van der Waals surface area contributed by atoms with E-state index in [9.17, 15) is 0 Å². The average molecular weight is 439 g/mol. The van der Waals surface area contributed by atoms with Crippen molar-refractivity contribution in [2.24, 2.45) is 0 Å². The molecule has 1 atom stereocenters. The van der Waals surface area contributed by atoms with Gasteiger partial charge in [-0.25, -0.2) is 0 Å². The first-order valence-corrected chi connectivity index (χ1v) is 12.1. The number of nitrogens with zero attached hydrogens (tertiary/aromatic N) is 4. The highest BCUT2D eigenvalue weighted by molar-refractivity contribution is 7.80. The number of rotatable bonds is 5. The van der Waals surface area contributed by atoms with Crippen LogP contribution in [0.3, 0.4) is 0 Å². The van der Waals surface area contributed by atoms with Crippen molar-refractivity contribution in [1.82, 2.24) is 15.3 Å². The van der Waals surface area contributed by atoms with Crippen LogP contribution < -0.4 is 20.4 Å². The molecule has 0 amide bonds. The van der Waals surface area contributed by atoms with Crippen LogP contribution in [0.1, 0.15) is 63.5 Å². The third-order valence-corrected chi connectivity index (χ3v) is 6.40. The fourth-order valence-electron chi connectivity index (χ4n) is 4.38. The molecule has 0 radical (unpaired) electrons. The summed E-state index contributed by atoms with van der Waals surface area (Å²) in [4.78, 5) is 14.5. The van der Waals surface area contributed by atoms with Gasteiger partial charge in [0.25, 0.3) is 0 Å². The molecule has 0 spiro atoms. The highest BCUT2D eigenvalue weighted by atomic mass is 32.1. The molecule has 4 rings (SSSR count). The summed E-state index contributed by atoms with van der Waals surface area (Å²) >= 11 is 5.60. The van der Waals surface area contributed by atoms with Gasteiger partial charge in [0.05, 0.1) is 6.04 Å². The van der Waals surface area contributed by atoms with Crippen LogP contribution in [0.4, 0.5) is 17.6 Å². The Morgan fingerprint density at radius 3 is 1.90 bits per heavy atom. The van der Waals surface area contributed by atoms with Crippen LogP contribution in [0.5, 0.6) is 0 Å². The van der Waals surface area contributed by atoms with E-state index in [0.29, 0.717) is 11.1 Å². The van der Waals surface area contributed by atoms with Crippen molar-refractivity contribution in [3.8, 4) is 0 Å². The zero-order valence-corrected chi connectivity index (χ0v) is 19.3. The minimum absolute atomic E-state index is 0.108. The van der Waals surface area contributed by atoms with Crippen LogP contribution in [-0.2, 0) is 0 Å². The van der Waals surface area contributed by atoms with E-state index in [1.165, 1.54) is 50.5 Å². The fraction of sp³-hybridized carbons (Fsp3) is 0.542. The molecule has 0 unspecified atom stereocenters. The Morgan fingerprint density at radius 2 is 1.35 bits per heavy atom. The lowest BCUT2D eigenvalue weighted by molar-refractivity contribution is 0.573. The molecular weight excluding hydrogens is 404 g/mol. The number of hydrogen-bond acceptors (Lipinski definition) is 5. The Morgan fingerprint density at radius 1 is 0.839 bits per heavy atom. The molecule has 2 aliphatic rings. The van der Waals surface area contributed by atoms with Gasteiger partial charge in [-0.2, -0.15) is 9.97 Å². The molecule has 1 aromatic carbocycles. The monoisotopic (exact) mass is 438 g/mol.